The summed E-state index contributed by atoms with van der Waals surface area (Å²) in [5.74, 6) is 0.0109. The molecule has 2 saturated heterocycles. The largest absolute Gasteiger partial charge is 0.378 e. The Hall–Kier alpha value is -2.62. The van der Waals surface area contributed by atoms with E-state index in [4.69, 9.17) is 4.74 Å². The summed E-state index contributed by atoms with van der Waals surface area (Å²) in [6, 6.07) is 13.5. The molecule has 188 valence electrons. The zero-order valence-electron chi connectivity index (χ0n) is 20.1. The minimum Gasteiger partial charge on any atom is -0.378 e. The van der Waals surface area contributed by atoms with Gasteiger partial charge in [-0.3, -0.25) is 4.79 Å². The fourth-order valence-electron chi connectivity index (χ4n) is 5.14. The summed E-state index contributed by atoms with van der Waals surface area (Å²) in [6.07, 6.45) is 3.70. The molecule has 9 heteroatoms. The first-order valence-corrected chi connectivity index (χ1v) is 14.0. The van der Waals surface area contributed by atoms with E-state index in [2.05, 4.69) is 22.3 Å². The molecule has 0 spiro atoms. The molecular weight excluding hydrogens is 464 g/mol. The molecule has 5 rings (SSSR count). The number of morpholine rings is 1. The molecule has 1 amide bonds. The predicted molar refractivity (Wildman–Crippen MR) is 136 cm³/mol. The van der Waals surface area contributed by atoms with Gasteiger partial charge < -0.3 is 19.9 Å². The van der Waals surface area contributed by atoms with E-state index in [1.54, 1.807) is 16.4 Å². The van der Waals surface area contributed by atoms with Gasteiger partial charge in [0.05, 0.1) is 36.0 Å². The zero-order chi connectivity index (χ0) is 24.3. The van der Waals surface area contributed by atoms with E-state index in [1.807, 2.05) is 23.1 Å². The fraction of sp³-hybridized carbons (Fsp3) is 0.500. The number of ether oxygens (including phenoxy) is 1. The van der Waals surface area contributed by atoms with Crippen LogP contribution in [0.25, 0.3) is 0 Å². The molecular formula is C26H34N4O4S. The van der Waals surface area contributed by atoms with Crippen molar-refractivity contribution in [1.29, 1.82) is 0 Å². The lowest BCUT2D eigenvalue weighted by Gasteiger charge is -2.32. The molecule has 0 aliphatic carbocycles. The van der Waals surface area contributed by atoms with Crippen LogP contribution in [-0.4, -0.2) is 76.0 Å². The molecule has 0 unspecified atom stereocenters. The van der Waals surface area contributed by atoms with Crippen LogP contribution in [0.1, 0.15) is 30.4 Å². The highest BCUT2D eigenvalue weighted by Gasteiger charge is 2.28. The van der Waals surface area contributed by atoms with Gasteiger partial charge >= 0.3 is 0 Å². The van der Waals surface area contributed by atoms with Crippen LogP contribution in [0.15, 0.2) is 47.4 Å². The topological polar surface area (TPSA) is 82.2 Å². The Kier molecular flexibility index (Phi) is 7.27. The third-order valence-electron chi connectivity index (χ3n) is 7.19. The van der Waals surface area contributed by atoms with E-state index in [-0.39, 0.29) is 17.3 Å². The zero-order valence-corrected chi connectivity index (χ0v) is 20.9. The molecule has 0 aromatic heterocycles. The Morgan fingerprint density at radius 2 is 1.66 bits per heavy atom. The first-order valence-electron chi connectivity index (χ1n) is 12.6. The SMILES string of the molecule is O=C(CNc1cc(S(=O)(=O)N2CCCCC2)ccc1N1CCOCC1)N1CCc2ccccc2C1. The van der Waals surface area contributed by atoms with Gasteiger partial charge in [-0.2, -0.15) is 4.31 Å². The molecule has 0 atom stereocenters. The number of amides is 1. The molecule has 2 aromatic carbocycles. The minimum atomic E-state index is -3.57. The highest BCUT2D eigenvalue weighted by molar-refractivity contribution is 7.89. The maximum Gasteiger partial charge on any atom is 0.243 e. The van der Waals surface area contributed by atoms with Gasteiger partial charge in [0.2, 0.25) is 15.9 Å². The highest BCUT2D eigenvalue weighted by atomic mass is 32.2. The van der Waals surface area contributed by atoms with E-state index in [0.717, 1.165) is 44.5 Å². The number of benzene rings is 2. The van der Waals surface area contributed by atoms with Crippen LogP contribution in [0.4, 0.5) is 11.4 Å². The first-order chi connectivity index (χ1) is 17.0. The number of hydrogen-bond acceptors (Lipinski definition) is 6. The second-order valence-electron chi connectivity index (χ2n) is 9.43. The summed E-state index contributed by atoms with van der Waals surface area (Å²) in [5.41, 5.74) is 4.07. The molecule has 1 N–H and O–H groups in total. The third kappa shape index (κ3) is 5.32. The van der Waals surface area contributed by atoms with Gasteiger partial charge in [-0.25, -0.2) is 8.42 Å². The molecule has 35 heavy (non-hydrogen) atoms. The summed E-state index contributed by atoms with van der Waals surface area (Å²) < 4.78 is 33.7. The maximum absolute atomic E-state index is 13.3. The lowest BCUT2D eigenvalue weighted by atomic mass is 10.00. The van der Waals surface area contributed by atoms with Gasteiger partial charge in [0.25, 0.3) is 0 Å². The average Bonchev–Trinajstić information content (AvgIpc) is 2.92. The fourth-order valence-corrected chi connectivity index (χ4v) is 6.69. The second-order valence-corrected chi connectivity index (χ2v) is 11.4. The van der Waals surface area contributed by atoms with Crippen molar-refractivity contribution in [2.75, 3.05) is 62.7 Å². The summed E-state index contributed by atoms with van der Waals surface area (Å²) in [7, 11) is -3.57. The Labute approximate surface area is 207 Å². The molecule has 3 aliphatic heterocycles. The van der Waals surface area contributed by atoms with Crippen LogP contribution in [0.2, 0.25) is 0 Å². The van der Waals surface area contributed by atoms with Crippen molar-refractivity contribution in [2.24, 2.45) is 0 Å². The second kappa shape index (κ2) is 10.6. The number of carbonyl (C=O) groups is 1. The van der Waals surface area contributed by atoms with Crippen molar-refractivity contribution in [3.8, 4) is 0 Å². The maximum atomic E-state index is 13.3. The van der Waals surface area contributed by atoms with Gasteiger partial charge in [-0.1, -0.05) is 30.7 Å². The summed E-state index contributed by atoms with van der Waals surface area (Å²) in [4.78, 5) is 17.4. The molecule has 3 aliphatic rings. The van der Waals surface area contributed by atoms with Gasteiger partial charge in [-0.05, 0) is 48.6 Å². The molecule has 2 aromatic rings. The number of hydrogen-bond donors (Lipinski definition) is 1. The first kappa shape index (κ1) is 24.1. The predicted octanol–water partition coefficient (Wildman–Crippen LogP) is 2.69. The number of nitrogens with zero attached hydrogens (tertiary/aromatic N) is 3. The van der Waals surface area contributed by atoms with E-state index >= 15 is 0 Å². The van der Waals surface area contributed by atoms with E-state index in [1.165, 1.54) is 11.1 Å². The van der Waals surface area contributed by atoms with Crippen LogP contribution >= 0.6 is 0 Å². The van der Waals surface area contributed by atoms with Crippen molar-refractivity contribution in [3.05, 3.63) is 53.6 Å². The molecule has 8 nitrogen and oxygen atoms in total. The number of carbonyl (C=O) groups excluding carboxylic acids is 1. The number of anilines is 2. The van der Waals surface area contributed by atoms with Crippen molar-refractivity contribution < 1.29 is 17.9 Å². The minimum absolute atomic E-state index is 0.0109. The van der Waals surface area contributed by atoms with Crippen LogP contribution < -0.4 is 10.2 Å². The van der Waals surface area contributed by atoms with Crippen molar-refractivity contribution >= 4 is 27.3 Å². The molecule has 0 saturated carbocycles. The summed E-state index contributed by atoms with van der Waals surface area (Å²) >= 11 is 0. The molecule has 0 radical (unpaired) electrons. The Morgan fingerprint density at radius 3 is 2.43 bits per heavy atom. The van der Waals surface area contributed by atoms with Crippen LogP contribution in [0, 0.1) is 0 Å². The number of nitrogens with one attached hydrogen (secondary N) is 1. The van der Waals surface area contributed by atoms with Gasteiger partial charge in [-0.15, -0.1) is 0 Å². The van der Waals surface area contributed by atoms with Crippen LogP contribution in [-0.2, 0) is 32.5 Å². The lowest BCUT2D eigenvalue weighted by Crippen LogP contribution is -2.40. The van der Waals surface area contributed by atoms with Gasteiger partial charge in [0, 0.05) is 39.3 Å². The quantitative estimate of drug-likeness (QED) is 0.660. The lowest BCUT2D eigenvalue weighted by molar-refractivity contribution is -0.130. The number of rotatable bonds is 6. The number of sulfonamides is 1. The monoisotopic (exact) mass is 498 g/mol. The standard InChI is InChI=1S/C26H34N4O4S/c31-26(29-13-10-21-6-2-3-7-22(21)20-29)19-27-24-18-23(35(32,33)30-11-4-1-5-12-30)8-9-25(24)28-14-16-34-17-15-28/h2-3,6-9,18,27H,1,4-5,10-17,19-20H2. The average molecular weight is 499 g/mol. The Bertz CT molecular complexity index is 1160. The van der Waals surface area contributed by atoms with E-state index in [0.29, 0.717) is 45.1 Å². The van der Waals surface area contributed by atoms with E-state index in [9.17, 15) is 13.2 Å². The van der Waals surface area contributed by atoms with Crippen molar-refractivity contribution in [2.45, 2.75) is 37.1 Å². The van der Waals surface area contributed by atoms with Gasteiger partial charge in [0.1, 0.15) is 0 Å². The van der Waals surface area contributed by atoms with Crippen LogP contribution in [0.5, 0.6) is 0 Å². The van der Waals surface area contributed by atoms with Gasteiger partial charge in [0.15, 0.2) is 0 Å². The number of fused-ring (bicyclic) bond motifs is 1. The molecule has 2 fully saturated rings. The van der Waals surface area contributed by atoms with Crippen molar-refractivity contribution in [3.63, 3.8) is 0 Å². The Balaban J connectivity index is 1.35. The number of piperidine rings is 1. The summed E-state index contributed by atoms with van der Waals surface area (Å²) in [6.45, 7) is 5.24. The van der Waals surface area contributed by atoms with Crippen LogP contribution in [0.3, 0.4) is 0 Å². The Morgan fingerprint density at radius 1 is 0.914 bits per heavy atom. The van der Waals surface area contributed by atoms with Crippen molar-refractivity contribution in [1.82, 2.24) is 9.21 Å². The normalized spacial score (nSPS) is 19.3. The smallest absolute Gasteiger partial charge is 0.243 e. The highest BCUT2D eigenvalue weighted by Crippen LogP contribution is 2.31. The van der Waals surface area contributed by atoms with E-state index < -0.39 is 10.0 Å². The third-order valence-corrected chi connectivity index (χ3v) is 9.08. The molecule has 0 bridgehead atoms. The summed E-state index contributed by atoms with van der Waals surface area (Å²) in [5, 5.41) is 3.29. The molecule has 3 heterocycles.